The molecule has 0 heterocycles. The fourth-order valence-corrected chi connectivity index (χ4v) is 4.26. The summed E-state index contributed by atoms with van der Waals surface area (Å²) in [6.07, 6.45) is 9.84. The Labute approximate surface area is 148 Å². The van der Waals surface area contributed by atoms with E-state index < -0.39 is 5.82 Å². The maximum Gasteiger partial charge on any atom is 0.251 e. The Bertz CT molecular complexity index is 554. The Morgan fingerprint density at radius 1 is 1.12 bits per heavy atom. The lowest BCUT2D eigenvalue weighted by Gasteiger charge is -2.16. The van der Waals surface area contributed by atoms with Crippen LogP contribution in [-0.4, -0.2) is 24.5 Å². The first kappa shape index (κ1) is 17.7. The molecule has 132 valence electrons. The van der Waals surface area contributed by atoms with Gasteiger partial charge in [-0.05, 0) is 56.3 Å². The number of hydrogen-bond donors (Lipinski definition) is 2. The van der Waals surface area contributed by atoms with Crippen molar-refractivity contribution in [3.8, 4) is 0 Å². The van der Waals surface area contributed by atoms with Gasteiger partial charge in [0.05, 0.1) is 0 Å². The molecule has 3 rings (SSSR count). The number of halogens is 2. The summed E-state index contributed by atoms with van der Waals surface area (Å²) in [5, 5.41) is 6.89. The van der Waals surface area contributed by atoms with Crippen LogP contribution in [0.5, 0.6) is 0 Å². The first-order valence-corrected chi connectivity index (χ1v) is 9.48. The van der Waals surface area contributed by atoms with Crippen molar-refractivity contribution in [2.45, 2.75) is 63.5 Å². The molecule has 2 saturated carbocycles. The number of hydrogen-bond acceptors (Lipinski definition) is 2. The summed E-state index contributed by atoms with van der Waals surface area (Å²) in [4.78, 5) is 12.2. The van der Waals surface area contributed by atoms with Crippen LogP contribution in [-0.2, 0) is 0 Å². The molecule has 3 nitrogen and oxygen atoms in total. The number of benzene rings is 1. The number of nitrogens with one attached hydrogen (secondary N) is 2. The minimum atomic E-state index is -0.481. The molecule has 2 aliphatic rings. The van der Waals surface area contributed by atoms with Crippen LogP contribution in [0.3, 0.4) is 0 Å². The Kier molecular flexibility index (Phi) is 6.12. The Balaban J connectivity index is 1.41. The zero-order valence-electron chi connectivity index (χ0n) is 14.0. The minimum absolute atomic E-state index is 0.156. The van der Waals surface area contributed by atoms with Crippen LogP contribution in [0.2, 0.25) is 5.02 Å². The molecule has 0 aliphatic heterocycles. The van der Waals surface area contributed by atoms with Crippen molar-refractivity contribution in [1.82, 2.24) is 10.6 Å². The molecule has 2 aliphatic carbocycles. The van der Waals surface area contributed by atoms with Crippen molar-refractivity contribution < 1.29 is 9.18 Å². The van der Waals surface area contributed by atoms with Gasteiger partial charge in [0.15, 0.2) is 0 Å². The number of carbonyl (C=O) groups excluding carboxylic acids is 1. The maximum atomic E-state index is 13.4. The highest BCUT2D eigenvalue weighted by molar-refractivity contribution is 6.31. The highest BCUT2D eigenvalue weighted by Crippen LogP contribution is 2.27. The third-order valence-electron chi connectivity index (χ3n) is 5.35. The van der Waals surface area contributed by atoms with E-state index in [-0.39, 0.29) is 22.5 Å². The molecule has 1 amide bonds. The SMILES string of the molecule is O=C(N[C@@H]1CC[C@@H](NCCC2CCCC2)C1)c1cc(F)cc(Cl)c1. The smallest absolute Gasteiger partial charge is 0.251 e. The second kappa shape index (κ2) is 8.30. The number of carbonyl (C=O) groups is 1. The van der Waals surface area contributed by atoms with Crippen molar-refractivity contribution in [2.75, 3.05) is 6.54 Å². The highest BCUT2D eigenvalue weighted by Gasteiger charge is 2.26. The summed E-state index contributed by atoms with van der Waals surface area (Å²) >= 11 is 5.82. The van der Waals surface area contributed by atoms with E-state index in [9.17, 15) is 9.18 Å². The topological polar surface area (TPSA) is 41.1 Å². The lowest BCUT2D eigenvalue weighted by Crippen LogP contribution is -2.35. The van der Waals surface area contributed by atoms with Crippen molar-refractivity contribution in [3.05, 3.63) is 34.6 Å². The quantitative estimate of drug-likeness (QED) is 0.801. The van der Waals surface area contributed by atoms with Crippen LogP contribution in [0.25, 0.3) is 0 Å². The molecule has 0 unspecified atom stereocenters. The van der Waals surface area contributed by atoms with E-state index in [1.165, 1.54) is 50.3 Å². The van der Waals surface area contributed by atoms with Gasteiger partial charge in [0.2, 0.25) is 0 Å². The first-order valence-electron chi connectivity index (χ1n) is 9.10. The molecule has 5 heteroatoms. The van der Waals surface area contributed by atoms with Crippen LogP contribution in [0.15, 0.2) is 18.2 Å². The van der Waals surface area contributed by atoms with Gasteiger partial charge in [0.1, 0.15) is 5.82 Å². The van der Waals surface area contributed by atoms with Crippen LogP contribution >= 0.6 is 11.6 Å². The van der Waals surface area contributed by atoms with Crippen molar-refractivity contribution in [3.63, 3.8) is 0 Å². The number of rotatable bonds is 6. The van der Waals surface area contributed by atoms with Crippen molar-refractivity contribution in [2.24, 2.45) is 5.92 Å². The molecule has 2 N–H and O–H groups in total. The largest absolute Gasteiger partial charge is 0.349 e. The zero-order chi connectivity index (χ0) is 16.9. The first-order chi connectivity index (χ1) is 11.6. The lowest BCUT2D eigenvalue weighted by atomic mass is 10.0. The fourth-order valence-electron chi connectivity index (χ4n) is 4.04. The maximum absolute atomic E-state index is 13.4. The normalized spacial score (nSPS) is 24.4. The molecule has 2 atom stereocenters. The average Bonchev–Trinajstić information content (AvgIpc) is 3.18. The van der Waals surface area contributed by atoms with E-state index in [4.69, 9.17) is 11.6 Å². The van der Waals surface area contributed by atoms with Crippen LogP contribution in [0.1, 0.15) is 61.7 Å². The number of amides is 1. The summed E-state index contributed by atoms with van der Waals surface area (Å²) in [5.74, 6) is 0.186. The molecule has 0 saturated heterocycles. The molecule has 0 bridgehead atoms. The molecule has 0 aromatic heterocycles. The van der Waals surface area contributed by atoms with Gasteiger partial charge in [0.25, 0.3) is 5.91 Å². The minimum Gasteiger partial charge on any atom is -0.349 e. The van der Waals surface area contributed by atoms with E-state index in [2.05, 4.69) is 10.6 Å². The lowest BCUT2D eigenvalue weighted by molar-refractivity contribution is 0.0937. The van der Waals surface area contributed by atoms with E-state index >= 15 is 0 Å². The average molecular weight is 353 g/mol. The molecule has 1 aromatic rings. The molecule has 0 spiro atoms. The third-order valence-corrected chi connectivity index (χ3v) is 5.57. The summed E-state index contributed by atoms with van der Waals surface area (Å²) in [7, 11) is 0. The van der Waals surface area contributed by atoms with Gasteiger partial charge in [0, 0.05) is 22.7 Å². The van der Waals surface area contributed by atoms with Gasteiger partial charge >= 0.3 is 0 Å². The van der Waals surface area contributed by atoms with Gasteiger partial charge in [-0.3, -0.25) is 4.79 Å². The van der Waals surface area contributed by atoms with E-state index in [1.54, 1.807) is 0 Å². The van der Waals surface area contributed by atoms with Crippen LogP contribution in [0, 0.1) is 11.7 Å². The second-order valence-electron chi connectivity index (χ2n) is 7.23. The van der Waals surface area contributed by atoms with E-state index in [1.807, 2.05) is 0 Å². The van der Waals surface area contributed by atoms with Gasteiger partial charge in [-0.15, -0.1) is 0 Å². The van der Waals surface area contributed by atoms with Crippen molar-refractivity contribution >= 4 is 17.5 Å². The van der Waals surface area contributed by atoms with Gasteiger partial charge in [-0.2, -0.15) is 0 Å². The monoisotopic (exact) mass is 352 g/mol. The highest BCUT2D eigenvalue weighted by atomic mass is 35.5. The zero-order valence-corrected chi connectivity index (χ0v) is 14.7. The predicted octanol–water partition coefficient (Wildman–Crippen LogP) is 4.30. The molecular formula is C19H26ClFN2O. The Hall–Kier alpha value is -1.13. The molecular weight excluding hydrogens is 327 g/mol. The second-order valence-corrected chi connectivity index (χ2v) is 7.67. The fraction of sp³-hybridized carbons (Fsp3) is 0.632. The van der Waals surface area contributed by atoms with Gasteiger partial charge < -0.3 is 10.6 Å². The Morgan fingerprint density at radius 2 is 1.88 bits per heavy atom. The summed E-state index contributed by atoms with van der Waals surface area (Å²) in [6, 6.07) is 4.58. The van der Waals surface area contributed by atoms with E-state index in [0.717, 1.165) is 31.7 Å². The standard InChI is InChI=1S/C19H26ClFN2O/c20-15-9-14(10-16(21)11-15)19(24)23-18-6-5-17(12-18)22-8-7-13-3-1-2-4-13/h9-11,13,17-18,22H,1-8,12H2,(H,23,24)/t17-,18-/m1/s1. The predicted molar refractivity (Wildman–Crippen MR) is 94.9 cm³/mol. The third kappa shape index (κ3) is 4.93. The van der Waals surface area contributed by atoms with Crippen molar-refractivity contribution in [1.29, 1.82) is 0 Å². The molecule has 2 fully saturated rings. The summed E-state index contributed by atoms with van der Waals surface area (Å²) in [6.45, 7) is 1.08. The molecule has 0 radical (unpaired) electrons. The van der Waals surface area contributed by atoms with Crippen LogP contribution in [0.4, 0.5) is 4.39 Å². The summed E-state index contributed by atoms with van der Waals surface area (Å²) in [5.41, 5.74) is 0.289. The molecule has 1 aromatic carbocycles. The van der Waals surface area contributed by atoms with Crippen LogP contribution < -0.4 is 10.6 Å². The Morgan fingerprint density at radius 3 is 2.62 bits per heavy atom. The van der Waals surface area contributed by atoms with Gasteiger partial charge in [-0.1, -0.05) is 37.3 Å². The van der Waals surface area contributed by atoms with E-state index in [0.29, 0.717) is 6.04 Å². The van der Waals surface area contributed by atoms with Gasteiger partial charge in [-0.25, -0.2) is 4.39 Å². The summed E-state index contributed by atoms with van der Waals surface area (Å²) < 4.78 is 13.4. The molecule has 24 heavy (non-hydrogen) atoms.